The number of hydrogen-bond acceptors (Lipinski definition) is 6. The van der Waals surface area contributed by atoms with E-state index in [0.717, 1.165) is 0 Å². The lowest BCUT2D eigenvalue weighted by molar-refractivity contribution is -0.150. The molecule has 0 unspecified atom stereocenters. The number of primary amides is 1. The Kier molecular flexibility index (Phi) is 10.7. The molecule has 0 bridgehead atoms. The van der Waals surface area contributed by atoms with Crippen molar-refractivity contribution in [1.29, 1.82) is 5.41 Å². The lowest BCUT2D eigenvalue weighted by atomic mass is 10.1. The van der Waals surface area contributed by atoms with Crippen molar-refractivity contribution in [2.45, 2.75) is 45.6 Å². The molecule has 1 rings (SSSR count). The molecular weight excluding hydrogens is 402 g/mol. The van der Waals surface area contributed by atoms with Gasteiger partial charge in [-0.3, -0.25) is 19.8 Å². The zero-order valence-electron chi connectivity index (χ0n) is 17.9. The molecule has 0 aromatic heterocycles. The zero-order chi connectivity index (χ0) is 23.4. The SMILES string of the molecule is CC(C)COC(=O)[C@H](CC(N)=O)NC(=O)CCCCNC(=O)c1ccc(C(=N)N)cc1. The molecule has 7 N–H and O–H groups in total. The number of benzene rings is 1. The Labute approximate surface area is 181 Å². The smallest absolute Gasteiger partial charge is 0.329 e. The number of carbonyl (C=O) groups excluding carboxylic acids is 4. The second-order valence-electron chi connectivity index (χ2n) is 7.52. The minimum absolute atomic E-state index is 0.0727. The normalized spacial score (nSPS) is 11.5. The molecule has 0 aliphatic rings. The van der Waals surface area contributed by atoms with Gasteiger partial charge in [0.05, 0.1) is 13.0 Å². The number of rotatable bonds is 13. The number of unbranched alkanes of at least 4 members (excludes halogenated alkanes) is 1. The fourth-order valence-corrected chi connectivity index (χ4v) is 2.53. The van der Waals surface area contributed by atoms with Crippen LogP contribution < -0.4 is 22.1 Å². The summed E-state index contributed by atoms with van der Waals surface area (Å²) in [5.41, 5.74) is 11.5. The van der Waals surface area contributed by atoms with Crippen molar-refractivity contribution >= 4 is 29.5 Å². The molecule has 0 spiro atoms. The topological polar surface area (TPSA) is 177 Å². The standard InChI is InChI=1S/C21H31N5O5/c1-13(2)12-31-21(30)16(11-17(22)27)26-18(28)5-3-4-10-25-20(29)15-8-6-14(7-9-15)19(23)24/h6-9,13,16H,3-5,10-12H2,1-2H3,(H2,22,27)(H3,23,24)(H,25,29)(H,26,28)/t16-/m0/s1. The summed E-state index contributed by atoms with van der Waals surface area (Å²) in [6, 6.07) is 5.24. The van der Waals surface area contributed by atoms with Crippen LogP contribution >= 0.6 is 0 Å². The molecule has 3 amide bonds. The summed E-state index contributed by atoms with van der Waals surface area (Å²) in [4.78, 5) is 47.4. The van der Waals surface area contributed by atoms with Crippen LogP contribution in [0.4, 0.5) is 0 Å². The van der Waals surface area contributed by atoms with E-state index in [-0.39, 0.29) is 37.1 Å². The van der Waals surface area contributed by atoms with E-state index in [1.54, 1.807) is 24.3 Å². The fraction of sp³-hybridized carbons (Fsp3) is 0.476. The Balaban J connectivity index is 2.37. The maximum absolute atomic E-state index is 12.1. The van der Waals surface area contributed by atoms with Crippen LogP contribution in [0.3, 0.4) is 0 Å². The third kappa shape index (κ3) is 10.2. The zero-order valence-corrected chi connectivity index (χ0v) is 17.9. The average molecular weight is 434 g/mol. The molecule has 10 heteroatoms. The predicted molar refractivity (Wildman–Crippen MR) is 115 cm³/mol. The van der Waals surface area contributed by atoms with Crippen molar-refractivity contribution in [3.05, 3.63) is 35.4 Å². The molecule has 0 radical (unpaired) electrons. The van der Waals surface area contributed by atoms with Crippen molar-refractivity contribution in [3.8, 4) is 0 Å². The number of nitrogens with two attached hydrogens (primary N) is 2. The minimum atomic E-state index is -1.11. The van der Waals surface area contributed by atoms with Crippen LogP contribution in [0.15, 0.2) is 24.3 Å². The highest BCUT2D eigenvalue weighted by molar-refractivity contribution is 5.98. The van der Waals surface area contributed by atoms with Gasteiger partial charge in [0.2, 0.25) is 11.8 Å². The number of amides is 3. The van der Waals surface area contributed by atoms with Gasteiger partial charge in [-0.1, -0.05) is 26.0 Å². The lowest BCUT2D eigenvalue weighted by Crippen LogP contribution is -2.44. The van der Waals surface area contributed by atoms with Crippen LogP contribution in [-0.4, -0.2) is 48.7 Å². The third-order valence-electron chi connectivity index (χ3n) is 4.16. The highest BCUT2D eigenvalue weighted by atomic mass is 16.5. The van der Waals surface area contributed by atoms with Gasteiger partial charge in [0.1, 0.15) is 11.9 Å². The molecule has 0 heterocycles. The first-order chi connectivity index (χ1) is 14.6. The van der Waals surface area contributed by atoms with Gasteiger partial charge in [0.25, 0.3) is 5.91 Å². The molecule has 1 aromatic rings. The van der Waals surface area contributed by atoms with E-state index in [9.17, 15) is 19.2 Å². The molecule has 0 fully saturated rings. The van der Waals surface area contributed by atoms with Gasteiger partial charge in [0.15, 0.2) is 0 Å². The highest BCUT2D eigenvalue weighted by Crippen LogP contribution is 2.05. The highest BCUT2D eigenvalue weighted by Gasteiger charge is 2.24. The molecule has 10 nitrogen and oxygen atoms in total. The van der Waals surface area contributed by atoms with E-state index in [1.165, 1.54) is 0 Å². The van der Waals surface area contributed by atoms with Crippen LogP contribution in [0.5, 0.6) is 0 Å². The van der Waals surface area contributed by atoms with Gasteiger partial charge in [-0.25, -0.2) is 4.79 Å². The molecule has 31 heavy (non-hydrogen) atoms. The third-order valence-corrected chi connectivity index (χ3v) is 4.16. The molecule has 1 aromatic carbocycles. The number of nitrogen functional groups attached to an aromatic ring is 1. The maximum atomic E-state index is 12.1. The maximum Gasteiger partial charge on any atom is 0.329 e. The first-order valence-electron chi connectivity index (χ1n) is 10.1. The van der Waals surface area contributed by atoms with Gasteiger partial charge < -0.3 is 26.8 Å². The first-order valence-corrected chi connectivity index (χ1v) is 10.1. The van der Waals surface area contributed by atoms with Crippen molar-refractivity contribution in [3.63, 3.8) is 0 Å². The number of hydrogen-bond donors (Lipinski definition) is 5. The molecule has 0 saturated carbocycles. The van der Waals surface area contributed by atoms with Crippen LogP contribution in [0.25, 0.3) is 0 Å². The van der Waals surface area contributed by atoms with E-state index >= 15 is 0 Å². The van der Waals surface area contributed by atoms with E-state index < -0.39 is 23.8 Å². The van der Waals surface area contributed by atoms with Gasteiger partial charge in [-0.2, -0.15) is 0 Å². The second-order valence-corrected chi connectivity index (χ2v) is 7.52. The van der Waals surface area contributed by atoms with Gasteiger partial charge >= 0.3 is 5.97 Å². The Hall–Kier alpha value is -3.43. The average Bonchev–Trinajstić information content (AvgIpc) is 2.70. The summed E-state index contributed by atoms with van der Waals surface area (Å²) in [6.45, 7) is 4.28. The summed E-state index contributed by atoms with van der Waals surface area (Å²) in [6.07, 6.45) is 0.805. The molecule has 170 valence electrons. The van der Waals surface area contributed by atoms with Crippen LogP contribution in [0, 0.1) is 11.3 Å². The first kappa shape index (κ1) is 25.6. The summed E-state index contributed by atoms with van der Waals surface area (Å²) in [5.74, 6) is -2.03. The van der Waals surface area contributed by atoms with E-state index in [1.807, 2.05) is 13.8 Å². The van der Waals surface area contributed by atoms with E-state index in [0.29, 0.717) is 30.5 Å². The molecule has 0 saturated heterocycles. The summed E-state index contributed by atoms with van der Waals surface area (Å²) >= 11 is 0. The molecule has 0 aliphatic heterocycles. The Morgan fingerprint density at radius 3 is 2.19 bits per heavy atom. The predicted octanol–water partition coefficient (Wildman–Crippen LogP) is 0.430. The summed E-state index contributed by atoms with van der Waals surface area (Å²) in [7, 11) is 0. The van der Waals surface area contributed by atoms with Gasteiger partial charge in [0, 0.05) is 24.1 Å². The largest absolute Gasteiger partial charge is 0.464 e. The van der Waals surface area contributed by atoms with Crippen molar-refractivity contribution in [2.75, 3.05) is 13.2 Å². The Morgan fingerprint density at radius 1 is 1.03 bits per heavy atom. The number of ether oxygens (including phenoxy) is 1. The van der Waals surface area contributed by atoms with Crippen molar-refractivity contribution < 1.29 is 23.9 Å². The Morgan fingerprint density at radius 2 is 1.65 bits per heavy atom. The molecule has 1 atom stereocenters. The van der Waals surface area contributed by atoms with E-state index in [2.05, 4.69) is 10.6 Å². The second kappa shape index (κ2) is 13.0. The summed E-state index contributed by atoms with van der Waals surface area (Å²) in [5, 5.41) is 12.6. The van der Waals surface area contributed by atoms with Gasteiger partial charge in [-0.05, 0) is 30.9 Å². The number of carbonyl (C=O) groups is 4. The van der Waals surface area contributed by atoms with Gasteiger partial charge in [-0.15, -0.1) is 0 Å². The number of esters is 1. The molecular formula is C21H31N5O5. The Bertz CT molecular complexity index is 792. The lowest BCUT2D eigenvalue weighted by Gasteiger charge is -2.17. The summed E-state index contributed by atoms with van der Waals surface area (Å²) < 4.78 is 5.07. The van der Waals surface area contributed by atoms with Crippen molar-refractivity contribution in [2.24, 2.45) is 17.4 Å². The number of amidine groups is 1. The van der Waals surface area contributed by atoms with Crippen LogP contribution in [0.2, 0.25) is 0 Å². The number of nitrogens with one attached hydrogen (secondary N) is 3. The monoisotopic (exact) mass is 433 g/mol. The van der Waals surface area contributed by atoms with Crippen molar-refractivity contribution in [1.82, 2.24) is 10.6 Å². The quantitative estimate of drug-likeness (QED) is 0.130. The van der Waals surface area contributed by atoms with Crippen LogP contribution in [-0.2, 0) is 19.1 Å². The molecule has 0 aliphatic carbocycles. The van der Waals surface area contributed by atoms with Crippen LogP contribution in [0.1, 0.15) is 55.5 Å². The fourth-order valence-electron chi connectivity index (χ4n) is 2.53. The minimum Gasteiger partial charge on any atom is -0.464 e. The van der Waals surface area contributed by atoms with E-state index in [4.69, 9.17) is 21.6 Å².